The Hall–Kier alpha value is -1.77. The topological polar surface area (TPSA) is 93.4 Å². The Bertz CT molecular complexity index is 753. The van der Waals surface area contributed by atoms with Gasteiger partial charge in [0.05, 0.1) is 13.2 Å². The third-order valence-electron chi connectivity index (χ3n) is 4.96. The van der Waals surface area contributed by atoms with Crippen LogP contribution in [0.4, 0.5) is 0 Å². The first-order chi connectivity index (χ1) is 11.1. The van der Waals surface area contributed by atoms with Gasteiger partial charge >= 0.3 is 0 Å². The van der Waals surface area contributed by atoms with Gasteiger partial charge in [0, 0.05) is 36.6 Å². The van der Waals surface area contributed by atoms with E-state index in [-0.39, 0.29) is 17.5 Å². The fraction of sp³-hybridized carbons (Fsp3) is 0.533. The molecule has 1 atom stereocenters. The Kier molecular flexibility index (Phi) is 3.47. The molecular weight excluding hydrogens is 314 g/mol. The van der Waals surface area contributed by atoms with Crippen molar-refractivity contribution in [3.8, 4) is 5.88 Å². The third kappa shape index (κ3) is 2.46. The summed E-state index contributed by atoms with van der Waals surface area (Å²) in [5.74, 6) is 0.346. The molecule has 0 spiro atoms. The van der Waals surface area contributed by atoms with Gasteiger partial charge in [-0.3, -0.25) is 4.79 Å². The number of carbonyl (C=O) groups is 1. The maximum atomic E-state index is 12.7. The Labute approximate surface area is 138 Å². The number of methoxy groups -OCH3 is 1. The zero-order chi connectivity index (χ0) is 16.0. The molecule has 0 aliphatic carbocycles. The fourth-order valence-electron chi connectivity index (χ4n) is 3.45. The molecule has 3 saturated heterocycles. The van der Waals surface area contributed by atoms with Crippen LogP contribution in [-0.4, -0.2) is 58.5 Å². The number of nitrogens with one attached hydrogen (secondary N) is 1. The molecule has 122 valence electrons. The summed E-state index contributed by atoms with van der Waals surface area (Å²) in [6.45, 7) is 2.86. The lowest BCUT2D eigenvalue weighted by molar-refractivity contribution is 0.0447. The first kappa shape index (κ1) is 14.8. The molecule has 3 fully saturated rings. The van der Waals surface area contributed by atoms with Crippen molar-refractivity contribution in [3.63, 3.8) is 0 Å². The van der Waals surface area contributed by atoms with Crippen LogP contribution in [0, 0.1) is 0 Å². The van der Waals surface area contributed by atoms with E-state index in [1.165, 1.54) is 11.5 Å². The molecule has 2 aromatic heterocycles. The maximum Gasteiger partial charge on any atom is 0.272 e. The number of piperidine rings is 3. The Morgan fingerprint density at radius 1 is 1.48 bits per heavy atom. The Morgan fingerprint density at radius 2 is 2.26 bits per heavy atom. The van der Waals surface area contributed by atoms with E-state index in [9.17, 15) is 4.79 Å². The number of carbonyl (C=O) groups excluding carboxylic acids is 1. The minimum atomic E-state index is -0.294. The molecule has 2 aromatic rings. The lowest BCUT2D eigenvalue weighted by Crippen LogP contribution is -2.71. The van der Waals surface area contributed by atoms with Gasteiger partial charge in [-0.05, 0) is 30.4 Å². The van der Waals surface area contributed by atoms with Gasteiger partial charge in [0.1, 0.15) is 4.83 Å². The highest BCUT2D eigenvalue weighted by Crippen LogP contribution is 2.30. The molecule has 3 aliphatic heterocycles. The predicted molar refractivity (Wildman–Crippen MR) is 87.8 cm³/mol. The highest BCUT2D eigenvalue weighted by molar-refractivity contribution is 7.13. The third-order valence-corrected chi connectivity index (χ3v) is 5.72. The van der Waals surface area contributed by atoms with Gasteiger partial charge in [-0.25, -0.2) is 4.98 Å². The Balaban J connectivity index is 1.58. The van der Waals surface area contributed by atoms with E-state index in [1.807, 2.05) is 6.07 Å². The van der Waals surface area contributed by atoms with E-state index in [4.69, 9.17) is 10.5 Å². The van der Waals surface area contributed by atoms with Gasteiger partial charge in [0.15, 0.2) is 5.69 Å². The monoisotopic (exact) mass is 333 g/mol. The molecule has 8 heteroatoms. The summed E-state index contributed by atoms with van der Waals surface area (Å²) in [7, 11) is 1.57. The van der Waals surface area contributed by atoms with Gasteiger partial charge in [-0.15, -0.1) is 0 Å². The molecule has 7 nitrogen and oxygen atoms in total. The van der Waals surface area contributed by atoms with Gasteiger partial charge in [0.25, 0.3) is 5.91 Å². The molecule has 0 radical (unpaired) electrons. The van der Waals surface area contributed by atoms with Crippen LogP contribution in [0.3, 0.4) is 0 Å². The van der Waals surface area contributed by atoms with Crippen molar-refractivity contribution in [1.82, 2.24) is 19.6 Å². The van der Waals surface area contributed by atoms with Gasteiger partial charge in [-0.1, -0.05) is 0 Å². The summed E-state index contributed by atoms with van der Waals surface area (Å²) in [6.07, 6.45) is 1.85. The van der Waals surface area contributed by atoms with Crippen LogP contribution in [0.25, 0.3) is 10.2 Å². The molecule has 2 bridgehead atoms. The number of hydrogen-bond acceptors (Lipinski definition) is 7. The second-order valence-corrected chi connectivity index (χ2v) is 7.05. The zero-order valence-corrected chi connectivity index (χ0v) is 13.7. The summed E-state index contributed by atoms with van der Waals surface area (Å²) < 4.78 is 9.38. The summed E-state index contributed by atoms with van der Waals surface area (Å²) in [5, 5.41) is 3.84. The number of rotatable bonds is 3. The maximum absolute atomic E-state index is 12.7. The smallest absolute Gasteiger partial charge is 0.272 e. The number of amides is 1. The van der Waals surface area contributed by atoms with Crippen LogP contribution in [0.2, 0.25) is 0 Å². The van der Waals surface area contributed by atoms with E-state index in [0.717, 1.165) is 37.9 Å². The van der Waals surface area contributed by atoms with Crippen LogP contribution >= 0.6 is 11.5 Å². The highest BCUT2D eigenvalue weighted by Gasteiger charge is 2.45. The molecule has 23 heavy (non-hydrogen) atoms. The standard InChI is InChI=1S/C15H19N5O2S/c1-22-11-3-2-9-12(19-23-14(9)18-11)13(21)17-10-8-20-6-4-15(10,16)5-7-20/h2-3,10H,4-8,16H2,1H3,(H,17,21)/t10-/m1/s1. The molecule has 0 saturated carbocycles. The van der Waals surface area contributed by atoms with Crippen molar-refractivity contribution >= 4 is 27.7 Å². The first-order valence-corrected chi connectivity index (χ1v) is 8.49. The highest BCUT2D eigenvalue weighted by atomic mass is 32.1. The Morgan fingerprint density at radius 3 is 2.96 bits per heavy atom. The number of pyridine rings is 1. The quantitative estimate of drug-likeness (QED) is 0.855. The van der Waals surface area contributed by atoms with Crippen LogP contribution in [0.15, 0.2) is 12.1 Å². The molecular formula is C15H19N5O2S. The van der Waals surface area contributed by atoms with E-state index < -0.39 is 0 Å². The molecule has 5 rings (SSSR count). The second kappa shape index (κ2) is 5.40. The molecule has 3 aliphatic rings. The number of nitrogens with zero attached hydrogens (tertiary/aromatic N) is 3. The minimum absolute atomic E-state index is 0.0274. The lowest BCUT2D eigenvalue weighted by atomic mass is 9.77. The molecule has 3 N–H and O–H groups in total. The zero-order valence-electron chi connectivity index (χ0n) is 12.9. The van der Waals surface area contributed by atoms with E-state index >= 15 is 0 Å². The molecule has 0 unspecified atom stereocenters. The van der Waals surface area contributed by atoms with E-state index in [0.29, 0.717) is 16.4 Å². The lowest BCUT2D eigenvalue weighted by Gasteiger charge is -2.51. The van der Waals surface area contributed by atoms with Crippen molar-refractivity contribution in [2.24, 2.45) is 5.73 Å². The summed E-state index contributed by atoms with van der Waals surface area (Å²) in [5.41, 5.74) is 6.63. The van der Waals surface area contributed by atoms with Crippen LogP contribution in [0.1, 0.15) is 23.3 Å². The van der Waals surface area contributed by atoms with Crippen LogP contribution in [0.5, 0.6) is 5.88 Å². The van der Waals surface area contributed by atoms with Gasteiger partial charge < -0.3 is 20.7 Å². The summed E-state index contributed by atoms with van der Waals surface area (Å²) in [6, 6.07) is 3.54. The number of ether oxygens (including phenoxy) is 1. The average Bonchev–Trinajstić information content (AvgIpc) is 2.99. The van der Waals surface area contributed by atoms with Crippen molar-refractivity contribution in [2.75, 3.05) is 26.7 Å². The van der Waals surface area contributed by atoms with Crippen LogP contribution < -0.4 is 15.8 Å². The largest absolute Gasteiger partial charge is 0.481 e. The SMILES string of the molecule is COc1ccc2c(C(=O)N[C@@H]3CN4CCC3(N)CC4)nsc2n1. The predicted octanol–water partition coefficient (Wildman–Crippen LogP) is 0.605. The van der Waals surface area contributed by atoms with Crippen molar-refractivity contribution in [1.29, 1.82) is 0 Å². The molecule has 5 heterocycles. The molecule has 0 aromatic carbocycles. The summed E-state index contributed by atoms with van der Waals surface area (Å²) >= 11 is 1.20. The number of aromatic nitrogens is 2. The molecule has 1 amide bonds. The van der Waals surface area contributed by atoms with Crippen molar-refractivity contribution in [3.05, 3.63) is 17.8 Å². The second-order valence-electron chi connectivity index (χ2n) is 6.30. The average molecular weight is 333 g/mol. The number of hydrogen-bond donors (Lipinski definition) is 2. The summed E-state index contributed by atoms with van der Waals surface area (Å²) in [4.78, 5) is 20.0. The normalized spacial score (nSPS) is 29.7. The first-order valence-electron chi connectivity index (χ1n) is 7.71. The van der Waals surface area contributed by atoms with Crippen molar-refractivity contribution < 1.29 is 9.53 Å². The van der Waals surface area contributed by atoms with Crippen molar-refractivity contribution in [2.45, 2.75) is 24.4 Å². The minimum Gasteiger partial charge on any atom is -0.481 e. The van der Waals surface area contributed by atoms with Gasteiger partial charge in [0.2, 0.25) is 5.88 Å². The fourth-order valence-corrected chi connectivity index (χ4v) is 4.20. The van der Waals surface area contributed by atoms with Gasteiger partial charge in [-0.2, -0.15) is 4.37 Å². The van der Waals surface area contributed by atoms with E-state index in [2.05, 4.69) is 19.6 Å². The number of nitrogens with two attached hydrogens (primary N) is 1. The van der Waals surface area contributed by atoms with Crippen LogP contribution in [-0.2, 0) is 0 Å². The van der Waals surface area contributed by atoms with E-state index in [1.54, 1.807) is 13.2 Å². The number of fused-ring (bicyclic) bond motifs is 4.